The molecule has 1 aliphatic carbocycles. The fourth-order valence-electron chi connectivity index (χ4n) is 2.83. The molecule has 0 unspecified atom stereocenters. The Labute approximate surface area is 126 Å². The molecule has 1 aromatic carbocycles. The number of halogens is 1. The lowest BCUT2D eigenvalue weighted by molar-refractivity contribution is 0.556. The number of hydrogen-bond acceptors (Lipinski definition) is 3. The minimum Gasteiger partial charge on any atom is -0.211 e. The van der Waals surface area contributed by atoms with Crippen LogP contribution >= 0.6 is 27.7 Å². The number of benzene rings is 1. The van der Waals surface area contributed by atoms with Gasteiger partial charge >= 0.3 is 0 Å². The minimum absolute atomic E-state index is 0.259. The SMILES string of the molecule is O=C=NC1(c2ccc(C3CCSCC3)c(Br)c2)CC1. The Morgan fingerprint density at radius 2 is 2.05 bits per heavy atom. The van der Waals surface area contributed by atoms with Crippen molar-refractivity contribution < 1.29 is 4.79 Å². The summed E-state index contributed by atoms with van der Waals surface area (Å²) >= 11 is 5.76. The number of hydrogen-bond donors (Lipinski definition) is 0. The number of isocyanates is 1. The van der Waals surface area contributed by atoms with Gasteiger partial charge in [0.15, 0.2) is 0 Å². The molecule has 1 aliphatic heterocycles. The number of rotatable bonds is 3. The van der Waals surface area contributed by atoms with Gasteiger partial charge in [0.25, 0.3) is 0 Å². The summed E-state index contributed by atoms with van der Waals surface area (Å²) in [6.45, 7) is 0. The van der Waals surface area contributed by atoms with Crippen LogP contribution in [0, 0.1) is 0 Å². The van der Waals surface area contributed by atoms with Gasteiger partial charge in [-0.15, -0.1) is 0 Å². The van der Waals surface area contributed by atoms with Crippen LogP contribution in [0.25, 0.3) is 0 Å². The highest BCUT2D eigenvalue weighted by Gasteiger charge is 2.45. The van der Waals surface area contributed by atoms with Crippen molar-refractivity contribution in [2.24, 2.45) is 4.99 Å². The maximum atomic E-state index is 10.5. The first kappa shape index (κ1) is 13.4. The van der Waals surface area contributed by atoms with Crippen LogP contribution < -0.4 is 0 Å². The fraction of sp³-hybridized carbons (Fsp3) is 0.533. The Kier molecular flexibility index (Phi) is 3.84. The molecule has 0 bridgehead atoms. The third kappa shape index (κ3) is 2.67. The second-order valence-electron chi connectivity index (χ2n) is 5.36. The molecular formula is C15H16BrNOS. The van der Waals surface area contributed by atoms with Crippen LogP contribution in [0.2, 0.25) is 0 Å². The largest absolute Gasteiger partial charge is 0.235 e. The van der Waals surface area contributed by atoms with Crippen LogP contribution in [0.3, 0.4) is 0 Å². The third-order valence-corrected chi connectivity index (χ3v) is 5.92. The normalized spacial score (nSPS) is 21.7. The second-order valence-corrected chi connectivity index (χ2v) is 7.44. The van der Waals surface area contributed by atoms with Gasteiger partial charge in [-0.05, 0) is 60.3 Å². The highest BCUT2D eigenvalue weighted by atomic mass is 79.9. The van der Waals surface area contributed by atoms with Gasteiger partial charge in [0.2, 0.25) is 6.08 Å². The smallest absolute Gasteiger partial charge is 0.211 e. The third-order valence-electron chi connectivity index (χ3n) is 4.18. The van der Waals surface area contributed by atoms with E-state index in [9.17, 15) is 4.79 Å². The van der Waals surface area contributed by atoms with E-state index < -0.39 is 0 Å². The molecule has 0 N–H and O–H groups in total. The first-order chi connectivity index (χ1) is 9.25. The van der Waals surface area contributed by atoms with Crippen LogP contribution in [-0.2, 0) is 10.3 Å². The Balaban J connectivity index is 1.87. The highest BCUT2D eigenvalue weighted by Crippen LogP contribution is 2.50. The average Bonchev–Trinajstić information content (AvgIpc) is 3.21. The molecule has 0 amide bonds. The molecule has 19 heavy (non-hydrogen) atoms. The standard InChI is InChI=1S/C15H16BrNOS/c16-14-9-12(15(5-6-15)17-10-18)1-2-13(14)11-3-7-19-8-4-11/h1-2,9,11H,3-8H2. The number of nitrogens with zero attached hydrogens (tertiary/aromatic N) is 1. The maximum absolute atomic E-state index is 10.5. The van der Waals surface area contributed by atoms with E-state index in [2.05, 4.69) is 39.1 Å². The van der Waals surface area contributed by atoms with E-state index in [1.807, 2.05) is 11.8 Å². The zero-order chi connectivity index (χ0) is 13.3. The number of carbonyl (C=O) groups excluding carboxylic acids is 1. The molecule has 1 saturated heterocycles. The summed E-state index contributed by atoms with van der Waals surface area (Å²) in [5, 5.41) is 0. The van der Waals surface area contributed by atoms with Crippen molar-refractivity contribution >= 4 is 33.8 Å². The molecule has 1 aromatic rings. The summed E-state index contributed by atoms with van der Waals surface area (Å²) < 4.78 is 1.18. The highest BCUT2D eigenvalue weighted by molar-refractivity contribution is 9.10. The topological polar surface area (TPSA) is 29.4 Å². The van der Waals surface area contributed by atoms with Gasteiger partial charge < -0.3 is 0 Å². The van der Waals surface area contributed by atoms with Gasteiger partial charge in [0.1, 0.15) is 0 Å². The Morgan fingerprint density at radius 3 is 2.63 bits per heavy atom. The van der Waals surface area contributed by atoms with Gasteiger partial charge in [0, 0.05) is 4.47 Å². The van der Waals surface area contributed by atoms with Crippen molar-refractivity contribution in [3.63, 3.8) is 0 Å². The summed E-state index contributed by atoms with van der Waals surface area (Å²) in [6, 6.07) is 6.53. The molecular weight excluding hydrogens is 322 g/mol. The van der Waals surface area contributed by atoms with Crippen LogP contribution in [0.4, 0.5) is 0 Å². The minimum atomic E-state index is -0.259. The summed E-state index contributed by atoms with van der Waals surface area (Å²) in [4.78, 5) is 14.5. The van der Waals surface area contributed by atoms with Gasteiger partial charge in [-0.1, -0.05) is 28.1 Å². The van der Waals surface area contributed by atoms with Gasteiger partial charge in [0.05, 0.1) is 5.54 Å². The van der Waals surface area contributed by atoms with Crippen molar-refractivity contribution in [1.82, 2.24) is 0 Å². The lowest BCUT2D eigenvalue weighted by atomic mass is 9.91. The van der Waals surface area contributed by atoms with Crippen molar-refractivity contribution in [1.29, 1.82) is 0 Å². The molecule has 0 spiro atoms. The fourth-order valence-corrected chi connectivity index (χ4v) is 4.64. The van der Waals surface area contributed by atoms with E-state index in [0.717, 1.165) is 18.4 Å². The zero-order valence-corrected chi connectivity index (χ0v) is 13.1. The second kappa shape index (κ2) is 5.43. The molecule has 2 aliphatic rings. The lowest BCUT2D eigenvalue weighted by Gasteiger charge is -2.23. The van der Waals surface area contributed by atoms with E-state index in [1.165, 1.54) is 34.4 Å². The van der Waals surface area contributed by atoms with Gasteiger partial charge in [-0.2, -0.15) is 16.8 Å². The molecule has 0 atom stereocenters. The van der Waals surface area contributed by atoms with Crippen molar-refractivity contribution in [2.75, 3.05) is 11.5 Å². The van der Waals surface area contributed by atoms with E-state index >= 15 is 0 Å². The summed E-state index contributed by atoms with van der Waals surface area (Å²) in [5.41, 5.74) is 2.30. The molecule has 1 heterocycles. The zero-order valence-electron chi connectivity index (χ0n) is 10.7. The van der Waals surface area contributed by atoms with E-state index in [1.54, 1.807) is 6.08 Å². The monoisotopic (exact) mass is 337 g/mol. The number of aliphatic imine (C=N–C) groups is 1. The first-order valence-corrected chi connectivity index (χ1v) is 8.67. The van der Waals surface area contributed by atoms with Gasteiger partial charge in [-0.3, -0.25) is 0 Å². The summed E-state index contributed by atoms with van der Waals surface area (Å²) in [5.74, 6) is 3.20. The molecule has 2 nitrogen and oxygen atoms in total. The number of thioether (sulfide) groups is 1. The quantitative estimate of drug-likeness (QED) is 0.604. The van der Waals surface area contributed by atoms with Crippen LogP contribution in [0.1, 0.15) is 42.7 Å². The molecule has 0 radical (unpaired) electrons. The van der Waals surface area contributed by atoms with Crippen LogP contribution in [0.15, 0.2) is 27.7 Å². The maximum Gasteiger partial charge on any atom is 0.235 e. The average molecular weight is 338 g/mol. The first-order valence-electron chi connectivity index (χ1n) is 6.72. The Hall–Kier alpha value is -0.570. The molecule has 3 rings (SSSR count). The molecule has 100 valence electrons. The molecule has 0 aromatic heterocycles. The predicted molar refractivity (Wildman–Crippen MR) is 82.5 cm³/mol. The van der Waals surface area contributed by atoms with Crippen molar-refractivity contribution in [3.8, 4) is 0 Å². The van der Waals surface area contributed by atoms with Gasteiger partial charge in [-0.25, -0.2) is 4.79 Å². The molecule has 2 fully saturated rings. The summed E-state index contributed by atoms with van der Waals surface area (Å²) in [7, 11) is 0. The van der Waals surface area contributed by atoms with E-state index in [-0.39, 0.29) is 5.54 Å². The van der Waals surface area contributed by atoms with E-state index in [0.29, 0.717) is 5.92 Å². The summed E-state index contributed by atoms with van der Waals surface area (Å²) in [6.07, 6.45) is 6.18. The predicted octanol–water partition coefficient (Wildman–Crippen LogP) is 4.38. The molecule has 1 saturated carbocycles. The molecule has 4 heteroatoms. The van der Waals surface area contributed by atoms with Crippen LogP contribution in [0.5, 0.6) is 0 Å². The van der Waals surface area contributed by atoms with Crippen molar-refractivity contribution in [2.45, 2.75) is 37.1 Å². The van der Waals surface area contributed by atoms with Crippen molar-refractivity contribution in [3.05, 3.63) is 33.8 Å². The van der Waals surface area contributed by atoms with Crippen LogP contribution in [-0.4, -0.2) is 17.6 Å². The Morgan fingerprint density at radius 1 is 1.32 bits per heavy atom. The Bertz CT molecular complexity index is 529. The van der Waals surface area contributed by atoms with E-state index in [4.69, 9.17) is 0 Å². The lowest BCUT2D eigenvalue weighted by Crippen LogP contribution is -2.09.